The van der Waals surface area contributed by atoms with Crippen LogP contribution in [0.1, 0.15) is 29.1 Å². The second kappa shape index (κ2) is 6.10. The first-order valence-electron chi connectivity index (χ1n) is 7.28. The zero-order chi connectivity index (χ0) is 14.7. The summed E-state index contributed by atoms with van der Waals surface area (Å²) in [5.74, 6) is 0.583. The molecular weight excluding hydrogens is 266 g/mol. The summed E-state index contributed by atoms with van der Waals surface area (Å²) in [6, 6.07) is 9.96. The Balaban J connectivity index is 1.70. The molecule has 110 valence electrons. The van der Waals surface area contributed by atoms with Crippen molar-refractivity contribution in [3.05, 3.63) is 41.8 Å². The second-order valence-corrected chi connectivity index (χ2v) is 5.30. The van der Waals surface area contributed by atoms with Crippen molar-refractivity contribution in [3.63, 3.8) is 0 Å². The van der Waals surface area contributed by atoms with Crippen LogP contribution < -0.4 is 10.6 Å². The van der Waals surface area contributed by atoms with E-state index in [4.69, 9.17) is 4.42 Å². The van der Waals surface area contributed by atoms with Gasteiger partial charge in [0, 0.05) is 18.2 Å². The molecule has 1 aromatic carbocycles. The van der Waals surface area contributed by atoms with Crippen molar-refractivity contribution in [3.8, 4) is 11.5 Å². The molecule has 0 radical (unpaired) electrons. The molecule has 0 saturated carbocycles. The number of amides is 1. The molecule has 2 heterocycles. The summed E-state index contributed by atoms with van der Waals surface area (Å²) in [5.41, 5.74) is 1.49. The van der Waals surface area contributed by atoms with Crippen LogP contribution in [0.5, 0.6) is 0 Å². The largest absolute Gasteiger partial charge is 0.431 e. The van der Waals surface area contributed by atoms with E-state index in [1.807, 2.05) is 30.3 Å². The summed E-state index contributed by atoms with van der Waals surface area (Å²) in [4.78, 5) is 16.5. The van der Waals surface area contributed by atoms with Gasteiger partial charge in [-0.05, 0) is 38.4 Å². The Kier molecular flexibility index (Phi) is 4.01. The number of carbonyl (C=O) groups excluding carboxylic acids is 1. The summed E-state index contributed by atoms with van der Waals surface area (Å²) in [7, 11) is 0. The van der Waals surface area contributed by atoms with Crippen molar-refractivity contribution in [2.24, 2.45) is 0 Å². The molecule has 2 aromatic rings. The van der Waals surface area contributed by atoms with Crippen LogP contribution in [0.2, 0.25) is 0 Å². The third-order valence-electron chi connectivity index (χ3n) is 3.69. The Morgan fingerprint density at radius 1 is 1.43 bits per heavy atom. The molecule has 3 rings (SSSR count). The highest BCUT2D eigenvalue weighted by molar-refractivity contribution is 5.92. The monoisotopic (exact) mass is 285 g/mol. The molecule has 1 atom stereocenters. The smallest absolute Gasteiger partial charge is 0.289 e. The summed E-state index contributed by atoms with van der Waals surface area (Å²) in [6.45, 7) is 3.44. The first-order chi connectivity index (χ1) is 10.2. The predicted octanol–water partition coefficient (Wildman–Crippen LogP) is 2.13. The third-order valence-corrected chi connectivity index (χ3v) is 3.69. The number of aromatic nitrogens is 1. The maximum atomic E-state index is 12.2. The molecule has 5 nitrogen and oxygen atoms in total. The highest BCUT2D eigenvalue weighted by Gasteiger charge is 2.20. The first kappa shape index (κ1) is 13.8. The van der Waals surface area contributed by atoms with Crippen molar-refractivity contribution in [2.75, 3.05) is 13.1 Å². The van der Waals surface area contributed by atoms with Gasteiger partial charge in [0.15, 0.2) is 0 Å². The van der Waals surface area contributed by atoms with Crippen molar-refractivity contribution < 1.29 is 9.21 Å². The van der Waals surface area contributed by atoms with E-state index in [1.54, 1.807) is 6.92 Å². The highest BCUT2D eigenvalue weighted by atomic mass is 16.4. The van der Waals surface area contributed by atoms with Crippen LogP contribution >= 0.6 is 0 Å². The molecule has 1 fully saturated rings. The number of carbonyl (C=O) groups is 1. The van der Waals surface area contributed by atoms with Gasteiger partial charge in [0.2, 0.25) is 11.7 Å². The van der Waals surface area contributed by atoms with Crippen LogP contribution in [-0.4, -0.2) is 30.0 Å². The number of oxazole rings is 1. The van der Waals surface area contributed by atoms with Gasteiger partial charge in [-0.15, -0.1) is 0 Å². The van der Waals surface area contributed by atoms with Gasteiger partial charge in [-0.2, -0.15) is 0 Å². The fraction of sp³-hybridized carbons (Fsp3) is 0.375. The lowest BCUT2D eigenvalue weighted by Gasteiger charge is -2.10. The Bertz CT molecular complexity index is 616. The molecule has 1 amide bonds. The minimum absolute atomic E-state index is 0.198. The van der Waals surface area contributed by atoms with Crippen LogP contribution in [0.4, 0.5) is 0 Å². The molecule has 1 aliphatic heterocycles. The van der Waals surface area contributed by atoms with Crippen LogP contribution in [0, 0.1) is 6.92 Å². The van der Waals surface area contributed by atoms with E-state index in [0.717, 1.165) is 18.5 Å². The van der Waals surface area contributed by atoms with E-state index in [1.165, 1.54) is 6.42 Å². The fourth-order valence-corrected chi connectivity index (χ4v) is 2.54. The molecule has 0 spiro atoms. The normalized spacial score (nSPS) is 17.9. The summed E-state index contributed by atoms with van der Waals surface area (Å²) in [6.07, 6.45) is 2.27. The lowest BCUT2D eigenvalue weighted by Crippen LogP contribution is -2.37. The number of nitrogens with zero attached hydrogens (tertiary/aromatic N) is 1. The number of rotatable bonds is 4. The molecule has 1 aliphatic rings. The van der Waals surface area contributed by atoms with Gasteiger partial charge < -0.3 is 15.1 Å². The minimum atomic E-state index is -0.198. The van der Waals surface area contributed by atoms with E-state index in [9.17, 15) is 4.79 Å². The summed E-state index contributed by atoms with van der Waals surface area (Å²) < 4.78 is 5.63. The van der Waals surface area contributed by atoms with Crippen molar-refractivity contribution in [2.45, 2.75) is 25.8 Å². The molecule has 1 unspecified atom stereocenters. The molecule has 1 aromatic heterocycles. The summed E-state index contributed by atoms with van der Waals surface area (Å²) >= 11 is 0. The van der Waals surface area contributed by atoms with E-state index < -0.39 is 0 Å². The molecule has 0 aliphatic carbocycles. The number of nitrogens with one attached hydrogen (secondary N) is 2. The Morgan fingerprint density at radius 2 is 2.24 bits per heavy atom. The lowest BCUT2D eigenvalue weighted by molar-refractivity contribution is 0.0922. The van der Waals surface area contributed by atoms with E-state index in [-0.39, 0.29) is 5.91 Å². The maximum absolute atomic E-state index is 12.2. The third kappa shape index (κ3) is 3.13. The number of hydrogen-bond acceptors (Lipinski definition) is 4. The molecule has 0 bridgehead atoms. The maximum Gasteiger partial charge on any atom is 0.289 e. The van der Waals surface area contributed by atoms with Crippen molar-refractivity contribution in [1.82, 2.24) is 15.6 Å². The van der Waals surface area contributed by atoms with Crippen LogP contribution in [0.3, 0.4) is 0 Å². The average molecular weight is 285 g/mol. The van der Waals surface area contributed by atoms with Gasteiger partial charge >= 0.3 is 0 Å². The van der Waals surface area contributed by atoms with Crippen LogP contribution in [0.15, 0.2) is 34.7 Å². The van der Waals surface area contributed by atoms with Crippen molar-refractivity contribution in [1.29, 1.82) is 0 Å². The minimum Gasteiger partial charge on any atom is -0.431 e. The van der Waals surface area contributed by atoms with Crippen LogP contribution in [-0.2, 0) is 0 Å². The first-order valence-corrected chi connectivity index (χ1v) is 7.28. The predicted molar refractivity (Wildman–Crippen MR) is 80.0 cm³/mol. The lowest BCUT2D eigenvalue weighted by atomic mass is 10.2. The topological polar surface area (TPSA) is 67.2 Å². The Hall–Kier alpha value is -2.14. The second-order valence-electron chi connectivity index (χ2n) is 5.30. The Morgan fingerprint density at radius 3 is 2.95 bits per heavy atom. The quantitative estimate of drug-likeness (QED) is 0.903. The average Bonchev–Trinajstić information content (AvgIpc) is 3.15. The van der Waals surface area contributed by atoms with Gasteiger partial charge in [0.05, 0.1) is 5.69 Å². The number of aryl methyl sites for hydroxylation is 1. The van der Waals surface area contributed by atoms with Gasteiger partial charge in [-0.1, -0.05) is 18.2 Å². The van der Waals surface area contributed by atoms with Crippen LogP contribution in [0.25, 0.3) is 11.5 Å². The highest BCUT2D eigenvalue weighted by Crippen LogP contribution is 2.21. The SMILES string of the molecule is Cc1nc(-c2ccccc2)oc1C(=O)NCC1CCCN1. The molecular formula is C16H19N3O2. The number of benzene rings is 1. The van der Waals surface area contributed by atoms with E-state index in [0.29, 0.717) is 29.9 Å². The molecule has 2 N–H and O–H groups in total. The zero-order valence-electron chi connectivity index (χ0n) is 12.1. The zero-order valence-corrected chi connectivity index (χ0v) is 12.1. The molecule has 21 heavy (non-hydrogen) atoms. The standard InChI is InChI=1S/C16H19N3O2/c1-11-14(15(20)18-10-13-8-5-9-17-13)21-16(19-11)12-6-3-2-4-7-12/h2-4,6-7,13,17H,5,8-10H2,1H3,(H,18,20). The Labute approximate surface area is 123 Å². The van der Waals surface area contributed by atoms with Gasteiger partial charge in [0.25, 0.3) is 5.91 Å². The van der Waals surface area contributed by atoms with Crippen molar-refractivity contribution >= 4 is 5.91 Å². The van der Waals surface area contributed by atoms with Gasteiger partial charge in [-0.25, -0.2) is 4.98 Å². The molecule has 5 heteroatoms. The molecule has 1 saturated heterocycles. The van der Waals surface area contributed by atoms with Gasteiger partial charge in [-0.3, -0.25) is 4.79 Å². The van der Waals surface area contributed by atoms with Gasteiger partial charge in [0.1, 0.15) is 0 Å². The number of hydrogen-bond donors (Lipinski definition) is 2. The fourth-order valence-electron chi connectivity index (χ4n) is 2.54. The van der Waals surface area contributed by atoms with E-state index >= 15 is 0 Å². The summed E-state index contributed by atoms with van der Waals surface area (Å²) in [5, 5.41) is 6.26. The van der Waals surface area contributed by atoms with E-state index in [2.05, 4.69) is 15.6 Å².